The third-order valence-corrected chi connectivity index (χ3v) is 3.05. The van der Waals surface area contributed by atoms with Crippen molar-refractivity contribution in [3.63, 3.8) is 0 Å². The van der Waals surface area contributed by atoms with Crippen molar-refractivity contribution in [2.75, 3.05) is 13.2 Å². The van der Waals surface area contributed by atoms with Gasteiger partial charge in [-0.1, -0.05) is 27.2 Å². The van der Waals surface area contributed by atoms with Gasteiger partial charge < -0.3 is 19.5 Å². The summed E-state index contributed by atoms with van der Waals surface area (Å²) in [5.74, 6) is -0.822. The van der Waals surface area contributed by atoms with Crippen molar-refractivity contribution in [3.05, 3.63) is 0 Å². The van der Waals surface area contributed by atoms with Crippen LogP contribution in [0.2, 0.25) is 0 Å². The quantitative estimate of drug-likeness (QED) is 0.366. The number of hydrogen-bond donors (Lipinski definition) is 1. The summed E-state index contributed by atoms with van der Waals surface area (Å²) >= 11 is 0. The maximum absolute atomic E-state index is 12.1. The highest BCUT2D eigenvalue weighted by Gasteiger charge is 2.28. The molecule has 0 fully saturated rings. The van der Waals surface area contributed by atoms with Crippen LogP contribution < -0.4 is 5.32 Å². The molecule has 0 aliphatic heterocycles. The van der Waals surface area contributed by atoms with Crippen LogP contribution in [0.3, 0.4) is 0 Å². The molecule has 7 nitrogen and oxygen atoms in total. The Morgan fingerprint density at radius 2 is 1.68 bits per heavy atom. The van der Waals surface area contributed by atoms with Crippen molar-refractivity contribution in [1.29, 1.82) is 0 Å². The van der Waals surface area contributed by atoms with E-state index in [0.29, 0.717) is 12.3 Å². The van der Waals surface area contributed by atoms with E-state index >= 15 is 0 Å². The molecule has 0 saturated heterocycles. The summed E-state index contributed by atoms with van der Waals surface area (Å²) in [6, 6.07) is -1.13. The number of alkyl carbamates (subject to hydrolysis) is 1. The second-order valence-electron chi connectivity index (χ2n) is 7.33. The molecule has 0 rings (SSSR count). The van der Waals surface area contributed by atoms with Gasteiger partial charge in [0.05, 0.1) is 19.6 Å². The largest absolute Gasteiger partial charge is 0.466 e. The molecule has 0 bridgehead atoms. The van der Waals surface area contributed by atoms with Crippen LogP contribution in [0.4, 0.5) is 4.79 Å². The molecule has 0 aliphatic rings. The Morgan fingerprint density at radius 1 is 1.04 bits per heavy atom. The molecule has 0 saturated carbocycles. The van der Waals surface area contributed by atoms with Crippen molar-refractivity contribution < 1.29 is 28.6 Å². The summed E-state index contributed by atoms with van der Waals surface area (Å²) in [6.07, 6.45) is 1.25. The minimum atomic E-state index is -1.13. The SMILES string of the molecule is CCCCOC(=O)[C@H](CC(=O)OCCC(C)C)NC(=O)OC(C)(C)C. The fourth-order valence-electron chi connectivity index (χ4n) is 1.69. The second-order valence-corrected chi connectivity index (χ2v) is 7.33. The van der Waals surface area contributed by atoms with E-state index in [1.54, 1.807) is 20.8 Å². The van der Waals surface area contributed by atoms with Gasteiger partial charge in [-0.15, -0.1) is 0 Å². The molecule has 0 aromatic carbocycles. The zero-order valence-corrected chi connectivity index (χ0v) is 16.3. The Labute approximate surface area is 150 Å². The average molecular weight is 359 g/mol. The van der Waals surface area contributed by atoms with Gasteiger partial charge in [0.15, 0.2) is 0 Å². The normalized spacial score (nSPS) is 12.4. The lowest BCUT2D eigenvalue weighted by atomic mass is 10.1. The molecule has 0 aliphatic carbocycles. The second kappa shape index (κ2) is 11.7. The zero-order chi connectivity index (χ0) is 19.5. The van der Waals surface area contributed by atoms with E-state index in [0.717, 1.165) is 12.8 Å². The van der Waals surface area contributed by atoms with Crippen LogP contribution in [0.5, 0.6) is 0 Å². The lowest BCUT2D eigenvalue weighted by Gasteiger charge is -2.22. The average Bonchev–Trinajstić information content (AvgIpc) is 2.44. The summed E-state index contributed by atoms with van der Waals surface area (Å²) in [5.41, 5.74) is -0.710. The van der Waals surface area contributed by atoms with E-state index in [1.807, 2.05) is 20.8 Å². The standard InChI is InChI=1S/C18H33NO6/c1-7-8-10-24-16(21)14(19-17(22)25-18(4,5)6)12-15(20)23-11-9-13(2)3/h13-14H,7-12H2,1-6H3,(H,19,22)/t14-/m0/s1. The minimum Gasteiger partial charge on any atom is -0.466 e. The highest BCUT2D eigenvalue weighted by molar-refractivity contribution is 5.86. The smallest absolute Gasteiger partial charge is 0.408 e. The topological polar surface area (TPSA) is 90.9 Å². The number of hydrogen-bond acceptors (Lipinski definition) is 6. The van der Waals surface area contributed by atoms with E-state index < -0.39 is 29.7 Å². The Morgan fingerprint density at radius 3 is 2.20 bits per heavy atom. The number of amides is 1. The minimum absolute atomic E-state index is 0.240. The summed E-state index contributed by atoms with van der Waals surface area (Å²) < 4.78 is 15.3. The van der Waals surface area contributed by atoms with Gasteiger partial charge >= 0.3 is 18.0 Å². The van der Waals surface area contributed by atoms with E-state index in [9.17, 15) is 14.4 Å². The van der Waals surface area contributed by atoms with Crippen molar-refractivity contribution in [1.82, 2.24) is 5.32 Å². The monoisotopic (exact) mass is 359 g/mol. The van der Waals surface area contributed by atoms with Gasteiger partial charge in [-0.2, -0.15) is 0 Å². The van der Waals surface area contributed by atoms with Crippen LogP contribution in [-0.2, 0) is 23.8 Å². The van der Waals surface area contributed by atoms with Crippen molar-refractivity contribution in [3.8, 4) is 0 Å². The van der Waals surface area contributed by atoms with Gasteiger partial charge in [0.1, 0.15) is 11.6 Å². The molecule has 0 aromatic rings. The number of unbranched alkanes of at least 4 members (excludes halogenated alkanes) is 1. The number of nitrogens with one attached hydrogen (secondary N) is 1. The molecule has 25 heavy (non-hydrogen) atoms. The highest BCUT2D eigenvalue weighted by atomic mass is 16.6. The fourth-order valence-corrected chi connectivity index (χ4v) is 1.69. The number of ether oxygens (including phenoxy) is 3. The maximum Gasteiger partial charge on any atom is 0.408 e. The third kappa shape index (κ3) is 13.2. The van der Waals surface area contributed by atoms with Gasteiger partial charge in [-0.05, 0) is 39.5 Å². The van der Waals surface area contributed by atoms with Crippen LogP contribution in [0.1, 0.15) is 67.2 Å². The molecule has 1 amide bonds. The number of carbonyl (C=O) groups excluding carboxylic acids is 3. The van der Waals surface area contributed by atoms with E-state index in [2.05, 4.69) is 5.32 Å². The van der Waals surface area contributed by atoms with Crippen molar-refractivity contribution in [2.45, 2.75) is 78.9 Å². The predicted molar refractivity (Wildman–Crippen MR) is 94.1 cm³/mol. The highest BCUT2D eigenvalue weighted by Crippen LogP contribution is 2.09. The molecule has 1 N–H and O–H groups in total. The fraction of sp³-hybridized carbons (Fsp3) is 0.833. The van der Waals surface area contributed by atoms with Gasteiger partial charge in [0, 0.05) is 0 Å². The first-order valence-corrected chi connectivity index (χ1v) is 8.87. The number of rotatable bonds is 10. The molecule has 0 radical (unpaired) electrons. The molecule has 7 heteroatoms. The van der Waals surface area contributed by atoms with Crippen molar-refractivity contribution in [2.24, 2.45) is 5.92 Å². The Kier molecular flexibility index (Phi) is 10.9. The summed E-state index contributed by atoms with van der Waals surface area (Å²) in [7, 11) is 0. The first-order valence-electron chi connectivity index (χ1n) is 8.87. The van der Waals surface area contributed by atoms with Crippen LogP contribution in [0.15, 0.2) is 0 Å². The van der Waals surface area contributed by atoms with Crippen LogP contribution >= 0.6 is 0 Å². The maximum atomic E-state index is 12.1. The molecular weight excluding hydrogens is 326 g/mol. The molecule has 0 unspecified atom stereocenters. The van der Waals surface area contributed by atoms with E-state index in [1.165, 1.54) is 0 Å². The molecular formula is C18H33NO6. The summed E-state index contributed by atoms with van der Waals surface area (Å²) in [5, 5.41) is 2.39. The molecule has 0 heterocycles. The Bertz CT molecular complexity index is 428. The zero-order valence-electron chi connectivity index (χ0n) is 16.3. The van der Waals surface area contributed by atoms with E-state index in [4.69, 9.17) is 14.2 Å². The molecule has 146 valence electrons. The Balaban J connectivity index is 4.68. The summed E-state index contributed by atoms with van der Waals surface area (Å²) in [4.78, 5) is 35.9. The molecule has 0 spiro atoms. The van der Waals surface area contributed by atoms with Crippen LogP contribution in [0.25, 0.3) is 0 Å². The number of esters is 2. The predicted octanol–water partition coefficient (Wildman–Crippen LogP) is 3.20. The van der Waals surface area contributed by atoms with Crippen LogP contribution in [-0.4, -0.2) is 42.9 Å². The molecule has 1 atom stereocenters. The van der Waals surface area contributed by atoms with Gasteiger partial charge in [-0.25, -0.2) is 9.59 Å². The first kappa shape index (κ1) is 23.2. The van der Waals surface area contributed by atoms with E-state index in [-0.39, 0.29) is 19.6 Å². The van der Waals surface area contributed by atoms with Gasteiger partial charge in [0.25, 0.3) is 0 Å². The lowest BCUT2D eigenvalue weighted by molar-refractivity contribution is -0.153. The number of carbonyl (C=O) groups is 3. The Hall–Kier alpha value is -1.79. The summed E-state index contributed by atoms with van der Waals surface area (Å²) in [6.45, 7) is 11.7. The first-order chi connectivity index (χ1) is 11.5. The van der Waals surface area contributed by atoms with Gasteiger partial charge in [0.2, 0.25) is 0 Å². The van der Waals surface area contributed by atoms with Crippen molar-refractivity contribution >= 4 is 18.0 Å². The third-order valence-electron chi connectivity index (χ3n) is 3.05. The molecule has 0 aromatic heterocycles. The lowest BCUT2D eigenvalue weighted by Crippen LogP contribution is -2.45. The van der Waals surface area contributed by atoms with Gasteiger partial charge in [-0.3, -0.25) is 4.79 Å². The van der Waals surface area contributed by atoms with Crippen LogP contribution in [0, 0.1) is 5.92 Å².